The van der Waals surface area contributed by atoms with Crippen molar-refractivity contribution in [2.45, 2.75) is 39.5 Å². The van der Waals surface area contributed by atoms with Crippen LogP contribution in [-0.4, -0.2) is 29.9 Å². The second kappa shape index (κ2) is 9.26. The summed E-state index contributed by atoms with van der Waals surface area (Å²) in [5, 5.41) is 0. The molecule has 0 aliphatic carbocycles. The Balaban J connectivity index is 2.00. The van der Waals surface area contributed by atoms with E-state index in [0.717, 1.165) is 23.3 Å². The van der Waals surface area contributed by atoms with Crippen LogP contribution in [0.5, 0.6) is 11.5 Å². The third kappa shape index (κ3) is 4.45. The minimum Gasteiger partial charge on any atom is -0.493 e. The van der Waals surface area contributed by atoms with Crippen molar-refractivity contribution in [1.82, 2.24) is 9.13 Å². The van der Waals surface area contributed by atoms with Crippen LogP contribution in [0.3, 0.4) is 0 Å². The van der Waals surface area contributed by atoms with Crippen LogP contribution in [0, 0.1) is 13.8 Å². The van der Waals surface area contributed by atoms with E-state index < -0.39 is 11.7 Å². The van der Waals surface area contributed by atoms with E-state index in [-0.39, 0.29) is 18.8 Å². The van der Waals surface area contributed by atoms with Gasteiger partial charge in [-0.2, -0.15) is 13.2 Å². The lowest BCUT2D eigenvalue weighted by molar-refractivity contribution is -0.137. The summed E-state index contributed by atoms with van der Waals surface area (Å²) < 4.78 is 53.8. The molecular formula is C25H27F3N4O3. The molecule has 0 unspecified atom stereocenters. The van der Waals surface area contributed by atoms with Gasteiger partial charge in [0.1, 0.15) is 5.49 Å². The largest absolute Gasteiger partial charge is 0.493 e. The Morgan fingerprint density at radius 3 is 2.23 bits per heavy atom. The van der Waals surface area contributed by atoms with Gasteiger partial charge in [-0.3, -0.25) is 9.13 Å². The minimum atomic E-state index is -4.46. The molecule has 0 saturated carbocycles. The highest BCUT2D eigenvalue weighted by Crippen LogP contribution is 2.38. The fourth-order valence-corrected chi connectivity index (χ4v) is 4.51. The lowest BCUT2D eigenvalue weighted by Crippen LogP contribution is -2.43. The zero-order chi connectivity index (χ0) is 25.5. The molecule has 1 aliphatic heterocycles. The average Bonchev–Trinajstić information content (AvgIpc) is 2.81. The first-order valence-corrected chi connectivity index (χ1v) is 11.1. The number of hydrogen-bond acceptors (Lipinski definition) is 5. The van der Waals surface area contributed by atoms with Gasteiger partial charge >= 0.3 is 11.9 Å². The van der Waals surface area contributed by atoms with Gasteiger partial charge < -0.3 is 15.2 Å². The Hall–Kier alpha value is -3.53. The van der Waals surface area contributed by atoms with Crippen LogP contribution in [0.15, 0.2) is 40.1 Å². The maximum atomic E-state index is 13.5. The molecule has 7 nitrogen and oxygen atoms in total. The molecule has 10 heteroatoms. The summed E-state index contributed by atoms with van der Waals surface area (Å²) in [4.78, 5) is 18.1. The van der Waals surface area contributed by atoms with Gasteiger partial charge in [-0.15, -0.1) is 0 Å². The number of nitrogens with zero attached hydrogens (tertiary/aromatic N) is 3. The molecule has 0 spiro atoms. The zero-order valence-electron chi connectivity index (χ0n) is 20.0. The molecule has 2 N–H and O–H groups in total. The van der Waals surface area contributed by atoms with Crippen molar-refractivity contribution in [1.29, 1.82) is 0 Å². The van der Waals surface area contributed by atoms with Crippen LogP contribution in [0.2, 0.25) is 0 Å². The van der Waals surface area contributed by atoms with E-state index in [1.165, 1.54) is 11.7 Å². The highest BCUT2D eigenvalue weighted by atomic mass is 19.4. The Morgan fingerprint density at radius 2 is 1.66 bits per heavy atom. The SMILES string of the molecule is COc1cc2c(cc1OC)-c1c/c(=N\c3c(C)cc(C(F)(F)F)cc3C)n(CCN)c(=O)n1CC2. The van der Waals surface area contributed by atoms with E-state index in [4.69, 9.17) is 15.2 Å². The molecule has 2 heterocycles. The quantitative estimate of drug-likeness (QED) is 0.594. The summed E-state index contributed by atoms with van der Waals surface area (Å²) in [5.74, 6) is 1.12. The molecule has 0 fully saturated rings. The van der Waals surface area contributed by atoms with E-state index in [0.29, 0.717) is 52.5 Å². The second-order valence-electron chi connectivity index (χ2n) is 8.44. The molecule has 2 aromatic carbocycles. The van der Waals surface area contributed by atoms with Crippen molar-refractivity contribution < 1.29 is 22.6 Å². The van der Waals surface area contributed by atoms with Gasteiger partial charge in [0.25, 0.3) is 0 Å². The Labute approximate surface area is 200 Å². The number of fused-ring (bicyclic) bond motifs is 3. The van der Waals surface area contributed by atoms with Crippen molar-refractivity contribution in [3.63, 3.8) is 0 Å². The standard InChI is InChI=1S/C25H27F3N4O3/c1-14-9-17(25(26,27)28)10-15(2)23(14)30-22-13-19-18-12-21(35-4)20(34-3)11-16(18)5-7-31(19)24(33)32(22)8-6-29/h9-13H,5-8,29H2,1-4H3/b30-22+. The van der Waals surface area contributed by atoms with Crippen molar-refractivity contribution >= 4 is 5.69 Å². The second-order valence-corrected chi connectivity index (χ2v) is 8.44. The number of aromatic nitrogens is 2. The summed E-state index contributed by atoms with van der Waals surface area (Å²) in [6, 6.07) is 7.62. The number of halogens is 3. The predicted octanol–water partition coefficient (Wildman–Crippen LogP) is 3.72. The van der Waals surface area contributed by atoms with Crippen LogP contribution in [0.4, 0.5) is 18.9 Å². The number of alkyl halides is 3. The molecule has 0 amide bonds. The molecule has 186 valence electrons. The van der Waals surface area contributed by atoms with Crippen LogP contribution in [-0.2, 0) is 25.7 Å². The minimum absolute atomic E-state index is 0.203. The van der Waals surface area contributed by atoms with E-state index in [1.807, 2.05) is 12.1 Å². The molecule has 0 saturated heterocycles. The molecule has 0 atom stereocenters. The lowest BCUT2D eigenvalue weighted by Gasteiger charge is -2.24. The first-order chi connectivity index (χ1) is 16.6. The maximum Gasteiger partial charge on any atom is 0.416 e. The topological polar surface area (TPSA) is 83.8 Å². The fraction of sp³-hybridized carbons (Fsp3) is 0.360. The number of aryl methyl sites for hydroxylation is 3. The molecular weight excluding hydrogens is 461 g/mol. The molecule has 1 aromatic heterocycles. The van der Waals surface area contributed by atoms with Gasteiger partial charge in [0, 0.05) is 31.3 Å². The summed E-state index contributed by atoms with van der Waals surface area (Å²) in [7, 11) is 3.10. The molecule has 0 bridgehead atoms. The van der Waals surface area contributed by atoms with Crippen LogP contribution >= 0.6 is 0 Å². The Bertz CT molecular complexity index is 1400. The fourth-order valence-electron chi connectivity index (χ4n) is 4.51. The number of rotatable bonds is 5. The van der Waals surface area contributed by atoms with Crippen molar-refractivity contribution in [2.24, 2.45) is 10.7 Å². The van der Waals surface area contributed by atoms with E-state index in [9.17, 15) is 18.0 Å². The maximum absolute atomic E-state index is 13.5. The molecule has 3 aromatic rings. The molecule has 35 heavy (non-hydrogen) atoms. The molecule has 0 radical (unpaired) electrons. The average molecular weight is 489 g/mol. The summed E-state index contributed by atoms with van der Waals surface area (Å²) in [6.07, 6.45) is -3.83. The van der Waals surface area contributed by atoms with Crippen LogP contribution in [0.1, 0.15) is 22.3 Å². The third-order valence-electron chi connectivity index (χ3n) is 6.18. The van der Waals surface area contributed by atoms with E-state index in [2.05, 4.69) is 4.99 Å². The van der Waals surface area contributed by atoms with E-state index in [1.54, 1.807) is 31.6 Å². The number of benzene rings is 2. The van der Waals surface area contributed by atoms with Gasteiger partial charge in [-0.1, -0.05) is 0 Å². The van der Waals surface area contributed by atoms with Gasteiger partial charge in [0.15, 0.2) is 11.5 Å². The summed E-state index contributed by atoms with van der Waals surface area (Å²) in [6.45, 7) is 4.03. The zero-order valence-corrected chi connectivity index (χ0v) is 20.0. The van der Waals surface area contributed by atoms with Crippen LogP contribution < -0.4 is 26.4 Å². The van der Waals surface area contributed by atoms with E-state index >= 15 is 0 Å². The van der Waals surface area contributed by atoms with Gasteiger partial charge in [-0.25, -0.2) is 9.79 Å². The number of ether oxygens (including phenoxy) is 2. The third-order valence-corrected chi connectivity index (χ3v) is 6.18. The Morgan fingerprint density at radius 1 is 1.03 bits per heavy atom. The molecule has 1 aliphatic rings. The monoisotopic (exact) mass is 488 g/mol. The van der Waals surface area contributed by atoms with Crippen molar-refractivity contribution in [3.8, 4) is 22.8 Å². The van der Waals surface area contributed by atoms with Gasteiger partial charge in [-0.05, 0) is 61.2 Å². The highest BCUT2D eigenvalue weighted by Gasteiger charge is 2.31. The number of hydrogen-bond donors (Lipinski definition) is 1. The summed E-state index contributed by atoms with van der Waals surface area (Å²) >= 11 is 0. The normalized spacial score (nSPS) is 13.4. The predicted molar refractivity (Wildman–Crippen MR) is 126 cm³/mol. The van der Waals surface area contributed by atoms with Gasteiger partial charge in [0.2, 0.25) is 0 Å². The smallest absolute Gasteiger partial charge is 0.416 e. The van der Waals surface area contributed by atoms with Gasteiger partial charge in [0.05, 0.1) is 31.2 Å². The van der Waals surface area contributed by atoms with Crippen molar-refractivity contribution in [2.75, 3.05) is 20.8 Å². The Kier molecular flexibility index (Phi) is 6.50. The number of methoxy groups -OCH3 is 2. The molecule has 4 rings (SSSR count). The first kappa shape index (κ1) is 24.6. The van der Waals surface area contributed by atoms with Crippen LogP contribution in [0.25, 0.3) is 11.3 Å². The van der Waals surface area contributed by atoms with Crippen molar-refractivity contribution in [3.05, 3.63) is 68.6 Å². The lowest BCUT2D eigenvalue weighted by atomic mass is 9.97. The summed E-state index contributed by atoms with van der Waals surface area (Å²) in [5.41, 5.74) is 8.63. The number of nitrogens with two attached hydrogens (primary N) is 1. The highest BCUT2D eigenvalue weighted by molar-refractivity contribution is 5.70. The first-order valence-electron chi connectivity index (χ1n) is 11.1.